The number of hydrogen-bond acceptors (Lipinski definition) is 5. The van der Waals surface area contributed by atoms with Gasteiger partial charge in [0.1, 0.15) is 18.4 Å². The van der Waals surface area contributed by atoms with E-state index in [0.29, 0.717) is 19.3 Å². The number of carbonyl (C=O) groups is 3. The van der Waals surface area contributed by atoms with Crippen LogP contribution < -0.4 is 5.32 Å². The Morgan fingerprint density at radius 3 is 2.26 bits per heavy atom. The first kappa shape index (κ1) is 27.6. The number of amides is 1. The maximum Gasteiger partial charge on any atom is 0.306 e. The summed E-state index contributed by atoms with van der Waals surface area (Å²) in [6, 6.07) is 17.7. The van der Waals surface area contributed by atoms with E-state index in [2.05, 4.69) is 35.7 Å². The van der Waals surface area contributed by atoms with Crippen molar-refractivity contribution < 1.29 is 19.1 Å². The zero-order chi connectivity index (χ0) is 27.3. The van der Waals surface area contributed by atoms with Crippen molar-refractivity contribution in [3.8, 4) is 17.2 Å². The Bertz CT molecular complexity index is 1180. The largest absolute Gasteiger partial charge is 0.465 e. The molecule has 1 amide bonds. The Hall–Kier alpha value is -3.46. The molecule has 0 unspecified atom stereocenters. The molecule has 0 bridgehead atoms. The second kappa shape index (κ2) is 11.9. The van der Waals surface area contributed by atoms with Crippen molar-refractivity contribution in [3.63, 3.8) is 0 Å². The molecule has 0 saturated heterocycles. The summed E-state index contributed by atoms with van der Waals surface area (Å²) in [5.74, 6) is -1.43. The molecule has 2 aliphatic carbocycles. The van der Waals surface area contributed by atoms with E-state index in [1.165, 1.54) is 0 Å². The number of Topliss-reactive ketones (excluding diaryl/α,β-unsaturated/α-hetero) is 1. The molecule has 0 spiro atoms. The van der Waals surface area contributed by atoms with Crippen molar-refractivity contribution in [2.24, 2.45) is 17.3 Å². The molecule has 38 heavy (non-hydrogen) atoms. The van der Waals surface area contributed by atoms with Crippen molar-refractivity contribution in [1.29, 1.82) is 5.26 Å². The molecule has 2 aromatic carbocycles. The molecular weight excluding hydrogens is 476 g/mol. The normalized spacial score (nSPS) is 18.6. The minimum Gasteiger partial charge on any atom is -0.465 e. The minimum atomic E-state index is -0.750. The van der Waals surface area contributed by atoms with Crippen LogP contribution in [-0.4, -0.2) is 30.3 Å². The van der Waals surface area contributed by atoms with E-state index < -0.39 is 17.9 Å². The number of rotatable bonds is 9. The fraction of sp³-hybridized carbons (Fsp3) is 0.500. The van der Waals surface area contributed by atoms with Gasteiger partial charge in [0.2, 0.25) is 5.91 Å². The topological polar surface area (TPSA) is 96.3 Å². The van der Waals surface area contributed by atoms with Crippen LogP contribution >= 0.6 is 0 Å². The van der Waals surface area contributed by atoms with E-state index in [4.69, 9.17) is 4.74 Å². The molecular formula is C32H38N2O4. The summed E-state index contributed by atoms with van der Waals surface area (Å²) < 4.78 is 5.77. The van der Waals surface area contributed by atoms with Crippen LogP contribution in [0.25, 0.3) is 11.1 Å². The first-order valence-electron chi connectivity index (χ1n) is 13.7. The standard InChI is InChI=1S/C32H38N2O4/c1-32(2,3)18-22(31(37)34-23(19-33)16-21-10-4-9-15-29(21)35)17-30(36)38-20-28-26-13-7-5-11-24(26)25-12-6-8-14-27(25)28/h5-8,11-14,21-23,28H,4,9-10,15-18,20H2,1-3H3,(H,34,37)/t21-,22-,23-/m0/s1. The highest BCUT2D eigenvalue weighted by Gasteiger charge is 2.33. The van der Waals surface area contributed by atoms with Gasteiger partial charge in [0.05, 0.1) is 12.5 Å². The van der Waals surface area contributed by atoms with Gasteiger partial charge >= 0.3 is 5.97 Å². The van der Waals surface area contributed by atoms with Crippen molar-refractivity contribution in [2.75, 3.05) is 6.61 Å². The van der Waals surface area contributed by atoms with Gasteiger partial charge in [-0.25, -0.2) is 0 Å². The van der Waals surface area contributed by atoms with Gasteiger partial charge in [-0.05, 0) is 53.4 Å². The van der Waals surface area contributed by atoms with Crippen LogP contribution in [0.5, 0.6) is 0 Å². The summed E-state index contributed by atoms with van der Waals surface area (Å²) in [7, 11) is 0. The van der Waals surface area contributed by atoms with Gasteiger partial charge in [-0.15, -0.1) is 0 Å². The third-order valence-electron chi connectivity index (χ3n) is 7.69. The Morgan fingerprint density at radius 1 is 1.05 bits per heavy atom. The predicted molar refractivity (Wildman–Crippen MR) is 146 cm³/mol. The zero-order valence-corrected chi connectivity index (χ0v) is 22.7. The van der Waals surface area contributed by atoms with E-state index >= 15 is 0 Å². The van der Waals surface area contributed by atoms with Crippen molar-refractivity contribution in [1.82, 2.24) is 5.32 Å². The highest BCUT2D eigenvalue weighted by Crippen LogP contribution is 2.44. The van der Waals surface area contributed by atoms with Gasteiger partial charge in [-0.1, -0.05) is 75.7 Å². The lowest BCUT2D eigenvalue weighted by Crippen LogP contribution is -2.42. The van der Waals surface area contributed by atoms with Gasteiger partial charge in [0.15, 0.2) is 0 Å². The van der Waals surface area contributed by atoms with Crippen molar-refractivity contribution in [2.45, 2.75) is 77.7 Å². The fourth-order valence-electron chi connectivity index (χ4n) is 5.89. The Morgan fingerprint density at radius 2 is 1.68 bits per heavy atom. The van der Waals surface area contributed by atoms with Gasteiger partial charge in [0, 0.05) is 24.2 Å². The summed E-state index contributed by atoms with van der Waals surface area (Å²) in [4.78, 5) is 38.6. The predicted octanol–water partition coefficient (Wildman–Crippen LogP) is 5.94. The van der Waals surface area contributed by atoms with E-state index in [1.54, 1.807) is 0 Å². The molecule has 3 atom stereocenters. The number of ether oxygens (including phenoxy) is 1. The molecule has 2 aliphatic rings. The molecule has 0 aromatic heterocycles. The molecule has 1 saturated carbocycles. The second-order valence-electron chi connectivity index (χ2n) is 11.9. The number of nitriles is 1. The smallest absolute Gasteiger partial charge is 0.306 e. The molecule has 1 fully saturated rings. The number of ketones is 1. The third kappa shape index (κ3) is 6.69. The monoisotopic (exact) mass is 514 g/mol. The van der Waals surface area contributed by atoms with Gasteiger partial charge in [-0.2, -0.15) is 5.26 Å². The van der Waals surface area contributed by atoms with Crippen molar-refractivity contribution in [3.05, 3.63) is 59.7 Å². The lowest BCUT2D eigenvalue weighted by Gasteiger charge is -2.27. The Kier molecular flexibility index (Phi) is 8.66. The highest BCUT2D eigenvalue weighted by molar-refractivity contribution is 5.85. The molecule has 2 aromatic rings. The maximum atomic E-state index is 13.3. The summed E-state index contributed by atoms with van der Waals surface area (Å²) in [5.41, 5.74) is 4.40. The minimum absolute atomic E-state index is 0.0442. The van der Waals surface area contributed by atoms with E-state index in [-0.39, 0.29) is 42.0 Å². The fourth-order valence-corrected chi connectivity index (χ4v) is 5.89. The SMILES string of the molecule is CC(C)(C)C[C@H](CC(=O)OCC1c2ccccc2-c2ccccc21)C(=O)N[C@H](C#N)C[C@@H]1CCCCC1=O. The number of carbonyl (C=O) groups excluding carboxylic acids is 3. The van der Waals surface area contributed by atoms with Gasteiger partial charge < -0.3 is 10.1 Å². The van der Waals surface area contributed by atoms with E-state index in [0.717, 1.165) is 41.5 Å². The van der Waals surface area contributed by atoms with Crippen LogP contribution in [0.3, 0.4) is 0 Å². The number of nitrogens with one attached hydrogen (secondary N) is 1. The Balaban J connectivity index is 1.40. The molecule has 0 radical (unpaired) electrons. The quantitative estimate of drug-likeness (QED) is 0.418. The number of benzene rings is 2. The lowest BCUT2D eigenvalue weighted by atomic mass is 9.82. The number of esters is 1. The zero-order valence-electron chi connectivity index (χ0n) is 22.7. The Labute approximate surface area is 225 Å². The summed E-state index contributed by atoms with van der Waals surface area (Å²) in [6.07, 6.45) is 3.92. The first-order valence-corrected chi connectivity index (χ1v) is 13.7. The van der Waals surface area contributed by atoms with Crippen LogP contribution in [0.2, 0.25) is 0 Å². The maximum absolute atomic E-state index is 13.3. The molecule has 0 aliphatic heterocycles. The average Bonchev–Trinajstić information content (AvgIpc) is 3.20. The summed E-state index contributed by atoms with van der Waals surface area (Å²) >= 11 is 0. The van der Waals surface area contributed by atoms with Crippen LogP contribution in [0, 0.1) is 28.6 Å². The summed E-state index contributed by atoms with van der Waals surface area (Å²) in [5, 5.41) is 12.5. The van der Waals surface area contributed by atoms with Gasteiger partial charge in [-0.3, -0.25) is 14.4 Å². The molecule has 200 valence electrons. The van der Waals surface area contributed by atoms with E-state index in [1.807, 2.05) is 45.0 Å². The van der Waals surface area contributed by atoms with E-state index in [9.17, 15) is 19.6 Å². The number of nitrogens with zero attached hydrogens (tertiary/aromatic N) is 1. The number of hydrogen-bond donors (Lipinski definition) is 1. The molecule has 1 N–H and O–H groups in total. The molecule has 6 heteroatoms. The molecule has 4 rings (SSSR count). The highest BCUT2D eigenvalue weighted by atomic mass is 16.5. The third-order valence-corrected chi connectivity index (χ3v) is 7.69. The van der Waals surface area contributed by atoms with Gasteiger partial charge in [0.25, 0.3) is 0 Å². The first-order chi connectivity index (χ1) is 18.2. The average molecular weight is 515 g/mol. The molecule has 0 heterocycles. The van der Waals surface area contributed by atoms with Crippen LogP contribution in [0.1, 0.15) is 82.8 Å². The van der Waals surface area contributed by atoms with Crippen LogP contribution in [0.4, 0.5) is 0 Å². The van der Waals surface area contributed by atoms with Crippen LogP contribution in [0.15, 0.2) is 48.5 Å². The number of fused-ring (bicyclic) bond motifs is 3. The molecule has 6 nitrogen and oxygen atoms in total. The van der Waals surface area contributed by atoms with Crippen molar-refractivity contribution >= 4 is 17.7 Å². The summed E-state index contributed by atoms with van der Waals surface area (Å²) in [6.45, 7) is 6.27. The second-order valence-corrected chi connectivity index (χ2v) is 11.9. The van der Waals surface area contributed by atoms with Crippen LogP contribution in [-0.2, 0) is 19.1 Å². The lowest BCUT2D eigenvalue weighted by molar-refractivity contribution is -0.147.